The minimum atomic E-state index is -1.31. The molecule has 1 fully saturated rings. The summed E-state index contributed by atoms with van der Waals surface area (Å²) in [6.45, 7) is 6.88. The Balaban J connectivity index is 2.21. The minimum Gasteiger partial charge on any atom is -0.507 e. The van der Waals surface area contributed by atoms with Gasteiger partial charge in [0.25, 0.3) is 0 Å². The molecule has 2 aliphatic heterocycles. The van der Waals surface area contributed by atoms with E-state index in [2.05, 4.69) is 0 Å². The van der Waals surface area contributed by atoms with Crippen molar-refractivity contribution in [2.45, 2.75) is 58.3 Å². The van der Waals surface area contributed by atoms with E-state index in [1.54, 1.807) is 6.92 Å². The lowest BCUT2D eigenvalue weighted by Gasteiger charge is -2.30. The lowest BCUT2D eigenvalue weighted by Crippen LogP contribution is -2.33. The number of ether oxygens (including phenoxy) is 2. The second kappa shape index (κ2) is 6.02. The van der Waals surface area contributed by atoms with Crippen molar-refractivity contribution in [1.82, 2.24) is 0 Å². The van der Waals surface area contributed by atoms with Gasteiger partial charge in [-0.25, -0.2) is 9.59 Å². The van der Waals surface area contributed by atoms with Crippen LogP contribution in [0.15, 0.2) is 11.6 Å². The molecule has 0 aromatic heterocycles. The number of aliphatic hydroxyl groups excluding tert-OH is 1. The highest BCUT2D eigenvalue weighted by atomic mass is 16.6. The molecular weight excluding hydrogens is 340 g/mol. The van der Waals surface area contributed by atoms with Crippen LogP contribution in [0.5, 0.6) is 11.5 Å². The Morgan fingerprint density at radius 2 is 1.92 bits per heavy atom. The summed E-state index contributed by atoms with van der Waals surface area (Å²) in [5.74, 6) is -2.01. The molecule has 1 aromatic carbocycles. The Kier molecular flexibility index (Phi) is 4.23. The third-order valence-corrected chi connectivity index (χ3v) is 4.99. The highest BCUT2D eigenvalue weighted by Gasteiger charge is 2.55. The van der Waals surface area contributed by atoms with Crippen LogP contribution in [0.1, 0.15) is 60.3 Å². The number of phenols is 2. The van der Waals surface area contributed by atoms with Gasteiger partial charge in [-0.1, -0.05) is 11.6 Å². The van der Waals surface area contributed by atoms with E-state index in [4.69, 9.17) is 9.47 Å². The van der Waals surface area contributed by atoms with Gasteiger partial charge in [-0.2, -0.15) is 0 Å². The number of phenolic OH excluding ortho intramolecular Hbond substituents is 2. The summed E-state index contributed by atoms with van der Waals surface area (Å²) in [5.41, 5.74) is 0.627. The number of hydrogen-bond acceptors (Lipinski definition) is 7. The first-order valence-electron chi connectivity index (χ1n) is 8.39. The van der Waals surface area contributed by atoms with E-state index in [1.165, 1.54) is 6.92 Å². The molecule has 3 unspecified atom stereocenters. The largest absolute Gasteiger partial charge is 0.507 e. The van der Waals surface area contributed by atoms with Crippen molar-refractivity contribution < 1.29 is 34.4 Å². The summed E-state index contributed by atoms with van der Waals surface area (Å²) in [6.07, 6.45) is -0.192. The fourth-order valence-corrected chi connectivity index (χ4v) is 3.56. The van der Waals surface area contributed by atoms with E-state index >= 15 is 0 Å². The third kappa shape index (κ3) is 2.63. The normalized spacial score (nSPS) is 27.1. The number of cyclic esters (lactones) is 2. The first-order valence-corrected chi connectivity index (χ1v) is 8.39. The summed E-state index contributed by atoms with van der Waals surface area (Å²) in [7, 11) is 0. The number of allylic oxidation sites excluding steroid dienone is 2. The molecular formula is C19H22O7. The average Bonchev–Trinajstić information content (AvgIpc) is 3.03. The summed E-state index contributed by atoms with van der Waals surface area (Å²) < 4.78 is 10.7. The van der Waals surface area contributed by atoms with Gasteiger partial charge in [-0.15, -0.1) is 0 Å². The van der Waals surface area contributed by atoms with Crippen molar-refractivity contribution in [3.8, 4) is 11.5 Å². The predicted molar refractivity (Wildman–Crippen MR) is 90.9 cm³/mol. The Hall–Kier alpha value is -2.54. The number of carbonyl (C=O) groups is 2. The van der Waals surface area contributed by atoms with Crippen LogP contribution in [-0.2, 0) is 20.7 Å². The van der Waals surface area contributed by atoms with Crippen LogP contribution in [0.2, 0.25) is 0 Å². The molecule has 0 amide bonds. The average molecular weight is 362 g/mol. The number of esters is 2. The van der Waals surface area contributed by atoms with Gasteiger partial charge in [-0.3, -0.25) is 0 Å². The van der Waals surface area contributed by atoms with Crippen LogP contribution in [0, 0.1) is 6.92 Å². The highest BCUT2D eigenvalue weighted by molar-refractivity contribution is 5.99. The molecule has 0 spiro atoms. The Bertz CT molecular complexity index is 835. The number of carbonyl (C=O) groups excluding carboxylic acids is 2. The van der Waals surface area contributed by atoms with Gasteiger partial charge in [0.05, 0.1) is 0 Å². The molecule has 2 aliphatic rings. The molecule has 140 valence electrons. The first kappa shape index (κ1) is 18.3. The molecule has 0 aliphatic carbocycles. The lowest BCUT2D eigenvalue weighted by atomic mass is 9.83. The maximum absolute atomic E-state index is 12.4. The lowest BCUT2D eigenvalue weighted by molar-refractivity contribution is -0.159. The monoisotopic (exact) mass is 362 g/mol. The highest BCUT2D eigenvalue weighted by Crippen LogP contribution is 2.52. The van der Waals surface area contributed by atoms with Crippen molar-refractivity contribution in [2.24, 2.45) is 0 Å². The van der Waals surface area contributed by atoms with Gasteiger partial charge in [0, 0.05) is 23.1 Å². The molecule has 2 heterocycles. The zero-order valence-electron chi connectivity index (χ0n) is 15.1. The topological polar surface area (TPSA) is 113 Å². The summed E-state index contributed by atoms with van der Waals surface area (Å²) in [6, 6.07) is 0. The third-order valence-electron chi connectivity index (χ3n) is 4.99. The van der Waals surface area contributed by atoms with Gasteiger partial charge in [0.2, 0.25) is 0 Å². The molecule has 3 N–H and O–H groups in total. The molecule has 3 rings (SSSR count). The molecule has 3 atom stereocenters. The molecule has 0 saturated carbocycles. The molecule has 0 radical (unpaired) electrons. The van der Waals surface area contributed by atoms with Crippen LogP contribution in [-0.4, -0.2) is 39.0 Å². The summed E-state index contributed by atoms with van der Waals surface area (Å²) in [4.78, 5) is 24.1. The number of aromatic hydroxyl groups is 2. The quantitative estimate of drug-likeness (QED) is 0.558. The van der Waals surface area contributed by atoms with Crippen LogP contribution < -0.4 is 0 Å². The fourth-order valence-electron chi connectivity index (χ4n) is 3.56. The van der Waals surface area contributed by atoms with E-state index in [0.29, 0.717) is 17.5 Å². The van der Waals surface area contributed by atoms with E-state index in [0.717, 1.165) is 5.57 Å². The predicted octanol–water partition coefficient (Wildman–Crippen LogP) is 2.19. The maximum Gasteiger partial charge on any atom is 0.343 e. The molecule has 1 aromatic rings. The second-order valence-corrected chi connectivity index (χ2v) is 7.31. The maximum atomic E-state index is 12.4. The van der Waals surface area contributed by atoms with Crippen molar-refractivity contribution >= 4 is 11.9 Å². The first-order chi connectivity index (χ1) is 12.1. The van der Waals surface area contributed by atoms with E-state index in [1.807, 2.05) is 19.9 Å². The standard InChI is InChI=1S/C19H22O7/c1-8(2)5-6-10-12-13(15(22)9(3)14(10)21)18(24)25-16(12)19(4)7-11(20)17(23)26-19/h5,11,16,20-22H,6-7H2,1-4H3. The minimum absolute atomic E-state index is 0.0267. The Morgan fingerprint density at radius 1 is 1.27 bits per heavy atom. The number of rotatable bonds is 3. The van der Waals surface area contributed by atoms with Crippen molar-refractivity contribution in [3.05, 3.63) is 33.9 Å². The summed E-state index contributed by atoms with van der Waals surface area (Å²) >= 11 is 0. The van der Waals surface area contributed by atoms with Gasteiger partial charge < -0.3 is 24.8 Å². The van der Waals surface area contributed by atoms with Crippen LogP contribution >= 0.6 is 0 Å². The Labute approximate surface area is 150 Å². The van der Waals surface area contributed by atoms with Crippen LogP contribution in [0.3, 0.4) is 0 Å². The van der Waals surface area contributed by atoms with Crippen molar-refractivity contribution in [1.29, 1.82) is 0 Å². The summed E-state index contributed by atoms with van der Waals surface area (Å²) in [5, 5.41) is 30.7. The Morgan fingerprint density at radius 3 is 2.46 bits per heavy atom. The number of aliphatic hydroxyl groups is 1. The van der Waals surface area contributed by atoms with Gasteiger partial charge in [0.1, 0.15) is 17.1 Å². The van der Waals surface area contributed by atoms with E-state index < -0.39 is 29.7 Å². The molecule has 7 heteroatoms. The molecule has 1 saturated heterocycles. The fraction of sp³-hybridized carbons (Fsp3) is 0.474. The number of benzene rings is 1. The zero-order valence-corrected chi connectivity index (χ0v) is 15.1. The zero-order chi connectivity index (χ0) is 19.4. The van der Waals surface area contributed by atoms with Crippen LogP contribution in [0.25, 0.3) is 0 Å². The second-order valence-electron chi connectivity index (χ2n) is 7.31. The van der Waals surface area contributed by atoms with Gasteiger partial charge in [-0.05, 0) is 34.1 Å². The number of hydrogen-bond donors (Lipinski definition) is 3. The van der Waals surface area contributed by atoms with E-state index in [-0.39, 0.29) is 29.0 Å². The molecule has 7 nitrogen and oxygen atoms in total. The van der Waals surface area contributed by atoms with Crippen molar-refractivity contribution in [2.75, 3.05) is 0 Å². The SMILES string of the molecule is CC(C)=CCc1c(O)c(C)c(O)c2c1C(C1(C)CC(O)C(=O)O1)OC2=O. The van der Waals surface area contributed by atoms with Crippen molar-refractivity contribution in [3.63, 3.8) is 0 Å². The molecule has 0 bridgehead atoms. The van der Waals surface area contributed by atoms with Crippen LogP contribution in [0.4, 0.5) is 0 Å². The number of fused-ring (bicyclic) bond motifs is 1. The smallest absolute Gasteiger partial charge is 0.343 e. The molecule has 26 heavy (non-hydrogen) atoms. The van der Waals surface area contributed by atoms with E-state index in [9.17, 15) is 24.9 Å². The van der Waals surface area contributed by atoms with Gasteiger partial charge >= 0.3 is 11.9 Å². The van der Waals surface area contributed by atoms with Gasteiger partial charge in [0.15, 0.2) is 17.8 Å².